The Bertz CT molecular complexity index is 500. The standard InChI is InChI=1S/C22H43N4Si2/c1-19(2,3)23-13-14-24(20(4,5)6)17(23)27-28-18-25(21(7,8)9)15-16-26(18)22(10,11)12/h13-18,27H,1-12H3. The number of hydrogen-bond donors (Lipinski definition) is 0. The van der Waals surface area contributed by atoms with E-state index in [4.69, 9.17) is 0 Å². The third-order valence-electron chi connectivity index (χ3n) is 5.37. The summed E-state index contributed by atoms with van der Waals surface area (Å²) in [6.07, 6.45) is 9.28. The highest BCUT2D eigenvalue weighted by Gasteiger charge is 2.42. The van der Waals surface area contributed by atoms with Crippen molar-refractivity contribution in [2.45, 2.75) is 117 Å². The van der Waals surface area contributed by atoms with Gasteiger partial charge in [-0.1, -0.05) is 0 Å². The Kier molecular flexibility index (Phi) is 6.20. The molecule has 159 valence electrons. The zero-order chi connectivity index (χ0) is 21.7. The van der Waals surface area contributed by atoms with E-state index in [1.165, 1.54) is 0 Å². The summed E-state index contributed by atoms with van der Waals surface area (Å²) in [5.41, 5.74) is 0.546. The average Bonchev–Trinajstić information content (AvgIpc) is 3.06. The maximum Gasteiger partial charge on any atom is 0.0861 e. The van der Waals surface area contributed by atoms with Crippen LogP contribution in [0.5, 0.6) is 0 Å². The Labute approximate surface area is 179 Å². The molecule has 0 N–H and O–H groups in total. The SMILES string of the molecule is CC(C)(C)N1C=CN(C(C)(C)C)C1[Si][SiH]C1N(C(C)(C)C)C=CN1C(C)(C)C. The van der Waals surface area contributed by atoms with Crippen LogP contribution in [0.25, 0.3) is 0 Å². The maximum atomic E-state index is 2.59. The van der Waals surface area contributed by atoms with Gasteiger partial charge < -0.3 is 19.6 Å². The van der Waals surface area contributed by atoms with Crippen molar-refractivity contribution in [1.82, 2.24) is 19.6 Å². The fourth-order valence-corrected chi connectivity index (χ4v) is 9.80. The van der Waals surface area contributed by atoms with Crippen LogP contribution >= 0.6 is 0 Å². The van der Waals surface area contributed by atoms with E-state index in [9.17, 15) is 0 Å². The van der Waals surface area contributed by atoms with Crippen LogP contribution in [0, 0.1) is 0 Å². The summed E-state index contributed by atoms with van der Waals surface area (Å²) in [5.74, 6) is 0.946. The van der Waals surface area contributed by atoms with Gasteiger partial charge in [0.1, 0.15) is 0 Å². The third kappa shape index (κ3) is 4.99. The van der Waals surface area contributed by atoms with Crippen molar-refractivity contribution in [3.05, 3.63) is 24.8 Å². The molecular weight excluding hydrogens is 376 g/mol. The smallest absolute Gasteiger partial charge is 0.0861 e. The van der Waals surface area contributed by atoms with Crippen molar-refractivity contribution in [3.8, 4) is 0 Å². The van der Waals surface area contributed by atoms with Gasteiger partial charge in [-0.3, -0.25) is 0 Å². The molecule has 0 bridgehead atoms. The van der Waals surface area contributed by atoms with Gasteiger partial charge in [-0.15, -0.1) is 0 Å². The monoisotopic (exact) mass is 419 g/mol. The highest BCUT2D eigenvalue weighted by atomic mass is 29.1. The molecule has 0 aromatic heterocycles. The Balaban J connectivity index is 2.26. The summed E-state index contributed by atoms with van der Waals surface area (Å²) < 4.78 is 0. The molecule has 0 unspecified atom stereocenters. The molecule has 0 saturated heterocycles. The van der Waals surface area contributed by atoms with Crippen LogP contribution < -0.4 is 0 Å². The first-order chi connectivity index (χ1) is 12.4. The predicted octanol–water partition coefficient (Wildman–Crippen LogP) is 3.98. The lowest BCUT2D eigenvalue weighted by Crippen LogP contribution is -2.61. The van der Waals surface area contributed by atoms with Crippen LogP contribution in [-0.4, -0.2) is 71.4 Å². The Morgan fingerprint density at radius 3 is 1.11 bits per heavy atom. The second-order valence-corrected chi connectivity index (χ2v) is 15.8. The molecule has 0 amide bonds. The number of rotatable bonds is 3. The molecule has 2 aliphatic heterocycles. The van der Waals surface area contributed by atoms with E-state index in [1.54, 1.807) is 0 Å². The van der Waals surface area contributed by atoms with Crippen molar-refractivity contribution in [1.29, 1.82) is 0 Å². The molecule has 3 radical (unpaired) electrons. The van der Waals surface area contributed by atoms with E-state index >= 15 is 0 Å². The Hall–Kier alpha value is -0.886. The number of nitrogens with zero attached hydrogens (tertiary/aromatic N) is 4. The highest BCUT2D eigenvalue weighted by Crippen LogP contribution is 2.33. The van der Waals surface area contributed by atoms with Gasteiger partial charge in [-0.25, -0.2) is 0 Å². The van der Waals surface area contributed by atoms with Gasteiger partial charge in [-0.05, 0) is 83.1 Å². The molecule has 0 aliphatic carbocycles. The van der Waals surface area contributed by atoms with E-state index in [2.05, 4.69) is 127 Å². The van der Waals surface area contributed by atoms with Crippen molar-refractivity contribution in [2.75, 3.05) is 0 Å². The van der Waals surface area contributed by atoms with Gasteiger partial charge in [0.25, 0.3) is 0 Å². The van der Waals surface area contributed by atoms with Crippen molar-refractivity contribution in [2.24, 2.45) is 0 Å². The van der Waals surface area contributed by atoms with Crippen molar-refractivity contribution >= 4 is 18.1 Å². The Morgan fingerprint density at radius 2 is 0.821 bits per heavy atom. The molecule has 0 spiro atoms. The summed E-state index contributed by atoms with van der Waals surface area (Å²) in [6.45, 7) is 28.0. The quantitative estimate of drug-likeness (QED) is 0.641. The fourth-order valence-electron chi connectivity index (χ4n) is 3.81. The summed E-state index contributed by atoms with van der Waals surface area (Å²) in [4.78, 5) is 10.3. The molecule has 0 saturated carbocycles. The molecule has 0 atom stereocenters. The second kappa shape index (κ2) is 7.42. The molecule has 4 nitrogen and oxygen atoms in total. The molecule has 28 heavy (non-hydrogen) atoms. The van der Waals surface area contributed by atoms with Crippen LogP contribution in [0.3, 0.4) is 0 Å². The van der Waals surface area contributed by atoms with Crippen molar-refractivity contribution in [3.63, 3.8) is 0 Å². The van der Waals surface area contributed by atoms with Gasteiger partial charge in [0.05, 0.1) is 29.7 Å². The minimum atomic E-state index is 0.134. The van der Waals surface area contributed by atoms with Gasteiger partial charge in [-0.2, -0.15) is 0 Å². The maximum absolute atomic E-state index is 2.59. The normalized spacial score (nSPS) is 20.3. The van der Waals surface area contributed by atoms with Gasteiger partial charge in [0.15, 0.2) is 0 Å². The minimum Gasteiger partial charge on any atom is -0.355 e. The van der Waals surface area contributed by atoms with Crippen LogP contribution in [-0.2, 0) is 0 Å². The third-order valence-corrected chi connectivity index (χ3v) is 9.72. The van der Waals surface area contributed by atoms with Gasteiger partial charge >= 0.3 is 0 Å². The van der Waals surface area contributed by atoms with Gasteiger partial charge in [0, 0.05) is 47.0 Å². The van der Waals surface area contributed by atoms with Gasteiger partial charge in [0.2, 0.25) is 0 Å². The second-order valence-electron chi connectivity index (χ2n) is 12.0. The van der Waals surface area contributed by atoms with Crippen LogP contribution in [0.1, 0.15) is 83.1 Å². The molecule has 0 aromatic carbocycles. The average molecular weight is 420 g/mol. The van der Waals surface area contributed by atoms with Crippen LogP contribution in [0.2, 0.25) is 0 Å². The van der Waals surface area contributed by atoms with Crippen LogP contribution in [0.4, 0.5) is 0 Å². The van der Waals surface area contributed by atoms with Crippen molar-refractivity contribution < 1.29 is 0 Å². The Morgan fingerprint density at radius 1 is 0.536 bits per heavy atom. The van der Waals surface area contributed by atoms with E-state index in [1.807, 2.05) is 0 Å². The molecule has 0 aromatic rings. The zero-order valence-corrected chi connectivity index (χ0v) is 22.5. The summed E-state index contributed by atoms with van der Waals surface area (Å²) in [5, 5.41) is 0. The molecule has 2 heterocycles. The molecule has 6 heteroatoms. The zero-order valence-electron chi connectivity index (χ0n) is 20.3. The highest BCUT2D eigenvalue weighted by molar-refractivity contribution is 7.02. The largest absolute Gasteiger partial charge is 0.355 e. The first kappa shape index (κ1) is 23.4. The lowest BCUT2D eigenvalue weighted by atomic mass is 10.1. The first-order valence-corrected chi connectivity index (χ1v) is 14.1. The van der Waals surface area contributed by atoms with E-state index in [0.29, 0.717) is 11.6 Å². The molecule has 2 aliphatic rings. The first-order valence-electron chi connectivity index (χ1n) is 10.5. The lowest BCUT2D eigenvalue weighted by molar-refractivity contribution is 0.0762. The number of hydrogen-bond acceptors (Lipinski definition) is 4. The molecular formula is C22H43N4Si2. The minimum absolute atomic E-state index is 0.134. The van der Waals surface area contributed by atoms with E-state index in [0.717, 1.165) is 9.04 Å². The topological polar surface area (TPSA) is 13.0 Å². The summed E-state index contributed by atoms with van der Waals surface area (Å²) >= 11 is 0. The summed E-state index contributed by atoms with van der Waals surface area (Å²) in [7, 11) is 1.14. The van der Waals surface area contributed by atoms with E-state index in [-0.39, 0.29) is 31.2 Å². The molecule has 0 fully saturated rings. The molecule has 2 rings (SSSR count). The van der Waals surface area contributed by atoms with Crippen LogP contribution in [0.15, 0.2) is 24.8 Å². The predicted molar refractivity (Wildman–Crippen MR) is 125 cm³/mol. The lowest BCUT2D eigenvalue weighted by Gasteiger charge is -2.48. The fraction of sp³-hybridized carbons (Fsp3) is 0.818. The summed E-state index contributed by atoms with van der Waals surface area (Å²) in [6, 6.07) is 0. The van der Waals surface area contributed by atoms with E-state index < -0.39 is 0 Å².